The van der Waals surface area contributed by atoms with Gasteiger partial charge in [-0.2, -0.15) is 0 Å². The highest BCUT2D eigenvalue weighted by atomic mass is 16.5. The van der Waals surface area contributed by atoms with E-state index >= 15 is 0 Å². The molecule has 0 saturated heterocycles. The normalized spacial score (nSPS) is 13.0. The Morgan fingerprint density at radius 2 is 1.23 bits per heavy atom. The summed E-state index contributed by atoms with van der Waals surface area (Å²) in [6, 6.07) is 0. The van der Waals surface area contributed by atoms with Gasteiger partial charge in [0.05, 0.1) is 6.42 Å². The molecule has 0 aliphatic rings. The van der Waals surface area contributed by atoms with Gasteiger partial charge in [0.1, 0.15) is 12.6 Å². The number of amides is 1. The predicted molar refractivity (Wildman–Crippen MR) is 180 cm³/mol. The Bertz CT molecular complexity index is 881. The summed E-state index contributed by atoms with van der Waals surface area (Å²) in [6.45, 7) is 4.02. The lowest BCUT2D eigenvalue weighted by Crippen LogP contribution is -2.28. The molecule has 6 heteroatoms. The molecule has 1 atom stereocenters. The fraction of sp³-hybridized carbons (Fsp3) is 0.595. The summed E-state index contributed by atoms with van der Waals surface area (Å²) < 4.78 is 5.78. The summed E-state index contributed by atoms with van der Waals surface area (Å²) in [7, 11) is 0. The van der Waals surface area contributed by atoms with Crippen molar-refractivity contribution < 1.29 is 24.2 Å². The van der Waals surface area contributed by atoms with Crippen LogP contribution in [0.4, 0.5) is 0 Å². The first-order valence-corrected chi connectivity index (χ1v) is 16.6. The van der Waals surface area contributed by atoms with E-state index in [-0.39, 0.29) is 30.9 Å². The third-order valence-electron chi connectivity index (χ3n) is 6.63. The number of rotatable bonds is 28. The van der Waals surface area contributed by atoms with Crippen LogP contribution in [0.5, 0.6) is 0 Å². The quantitative estimate of drug-likeness (QED) is 0.0532. The van der Waals surface area contributed by atoms with E-state index in [2.05, 4.69) is 73.8 Å². The van der Waals surface area contributed by atoms with E-state index in [1.54, 1.807) is 0 Å². The van der Waals surface area contributed by atoms with Gasteiger partial charge >= 0.3 is 11.9 Å². The van der Waals surface area contributed by atoms with Crippen LogP contribution in [0.3, 0.4) is 0 Å². The molecular weight excluding hydrogens is 538 g/mol. The summed E-state index contributed by atoms with van der Waals surface area (Å²) in [5.41, 5.74) is 0. The molecule has 0 aromatic rings. The molecule has 0 aliphatic carbocycles. The fourth-order valence-electron chi connectivity index (χ4n) is 4.20. The smallest absolute Gasteiger partial charge is 0.322 e. The van der Waals surface area contributed by atoms with Gasteiger partial charge in [0.2, 0.25) is 5.91 Å². The Labute approximate surface area is 262 Å². The molecule has 0 fully saturated rings. The maximum atomic E-state index is 12.5. The molecule has 0 heterocycles. The van der Waals surface area contributed by atoms with Gasteiger partial charge in [0, 0.05) is 6.42 Å². The minimum atomic E-state index is -1.04. The topological polar surface area (TPSA) is 92.7 Å². The molecule has 6 nitrogen and oxygen atoms in total. The van der Waals surface area contributed by atoms with E-state index in [9.17, 15) is 14.4 Å². The van der Waals surface area contributed by atoms with Crippen molar-refractivity contribution in [3.05, 3.63) is 72.9 Å². The van der Waals surface area contributed by atoms with E-state index in [0.717, 1.165) is 70.6 Å². The second-order valence-corrected chi connectivity index (χ2v) is 10.7. The zero-order valence-corrected chi connectivity index (χ0v) is 27.0. The lowest BCUT2D eigenvalue weighted by atomic mass is 10.1. The molecule has 0 saturated carbocycles. The molecule has 0 aliphatic heterocycles. The average molecular weight is 598 g/mol. The van der Waals surface area contributed by atoms with Crippen LogP contribution >= 0.6 is 0 Å². The van der Waals surface area contributed by atoms with Gasteiger partial charge in [-0.1, -0.05) is 119 Å². The van der Waals surface area contributed by atoms with Gasteiger partial charge in [-0.15, -0.1) is 0 Å². The maximum absolute atomic E-state index is 12.5. The monoisotopic (exact) mass is 597 g/mol. The minimum Gasteiger partial charge on any atom is -0.480 e. The Balaban J connectivity index is 4.36. The van der Waals surface area contributed by atoms with Crippen LogP contribution in [-0.2, 0) is 19.1 Å². The van der Waals surface area contributed by atoms with Gasteiger partial charge < -0.3 is 15.2 Å². The van der Waals surface area contributed by atoms with Crippen molar-refractivity contribution in [2.75, 3.05) is 6.54 Å². The summed E-state index contributed by atoms with van der Waals surface area (Å²) in [6.07, 6.45) is 41.9. The van der Waals surface area contributed by atoms with E-state index in [0.29, 0.717) is 12.8 Å². The molecule has 0 rings (SSSR count). The first-order chi connectivity index (χ1) is 21.0. The number of unbranched alkanes of at least 4 members (excludes halogenated alkanes) is 8. The van der Waals surface area contributed by atoms with Crippen molar-refractivity contribution in [2.24, 2.45) is 0 Å². The molecule has 242 valence electrons. The third-order valence-corrected chi connectivity index (χ3v) is 6.63. The first kappa shape index (κ1) is 39.8. The molecule has 0 aromatic carbocycles. The molecule has 2 N–H and O–H groups in total. The Morgan fingerprint density at radius 1 is 0.674 bits per heavy atom. The van der Waals surface area contributed by atoms with Gasteiger partial charge in [-0.3, -0.25) is 14.4 Å². The average Bonchev–Trinajstić information content (AvgIpc) is 2.99. The Morgan fingerprint density at radius 3 is 1.84 bits per heavy atom. The number of ether oxygens (including phenoxy) is 1. The number of hydrogen-bond donors (Lipinski definition) is 2. The maximum Gasteiger partial charge on any atom is 0.322 e. The highest BCUT2D eigenvalue weighted by Gasteiger charge is 2.11. The van der Waals surface area contributed by atoms with Gasteiger partial charge in [-0.25, -0.2) is 0 Å². The Kier molecular flexibility index (Phi) is 29.5. The number of aliphatic carboxylic acids is 1. The molecule has 0 spiro atoms. The third kappa shape index (κ3) is 31.6. The van der Waals surface area contributed by atoms with Crippen LogP contribution in [0.2, 0.25) is 0 Å². The molecule has 0 radical (unpaired) electrons. The molecule has 1 unspecified atom stereocenters. The van der Waals surface area contributed by atoms with Gasteiger partial charge in [0.15, 0.2) is 0 Å². The Hall–Kier alpha value is -3.15. The summed E-state index contributed by atoms with van der Waals surface area (Å²) in [4.78, 5) is 34.6. The number of carboxylic acid groups (broad SMARTS) is 1. The molecule has 0 bridgehead atoms. The standard InChI is InChI=1S/C37H59NO5/c1-3-5-7-9-11-12-13-14-15-16-17-18-20-22-28-32-37(42)43-34(29-25-21-19-10-8-6-4-2)30-26-23-24-27-31-35(39)38-33-36(40)41/h5,7,11-12,14-15,17-18,22,25,28-29,34H,3-4,6,8-10,13,16,19-21,23-24,26-27,30-33H2,1-2H3,(H,38,39)(H,40,41)/b7-5-,12-11-,15-14-,18-17-,28-22-,29-25-. The number of esters is 1. The largest absolute Gasteiger partial charge is 0.480 e. The van der Waals surface area contributed by atoms with Crippen molar-refractivity contribution in [3.63, 3.8) is 0 Å². The van der Waals surface area contributed by atoms with Crippen LogP contribution in [0.15, 0.2) is 72.9 Å². The van der Waals surface area contributed by atoms with Crippen LogP contribution in [-0.4, -0.2) is 35.6 Å². The number of carboxylic acids is 1. The fourth-order valence-corrected chi connectivity index (χ4v) is 4.20. The molecular formula is C37H59NO5. The second kappa shape index (κ2) is 31.8. The van der Waals surface area contributed by atoms with Crippen LogP contribution in [0, 0.1) is 0 Å². The highest BCUT2D eigenvalue weighted by molar-refractivity contribution is 5.80. The zero-order chi connectivity index (χ0) is 31.6. The summed E-state index contributed by atoms with van der Waals surface area (Å²) in [5, 5.41) is 11.0. The van der Waals surface area contributed by atoms with E-state index in [1.807, 2.05) is 18.2 Å². The van der Waals surface area contributed by atoms with Gasteiger partial charge in [-0.05, 0) is 70.3 Å². The van der Waals surface area contributed by atoms with Gasteiger partial charge in [0.25, 0.3) is 0 Å². The summed E-state index contributed by atoms with van der Waals surface area (Å²) in [5.74, 6) is -1.48. The van der Waals surface area contributed by atoms with Crippen molar-refractivity contribution in [1.29, 1.82) is 0 Å². The minimum absolute atomic E-state index is 0.214. The lowest BCUT2D eigenvalue weighted by Gasteiger charge is -2.14. The number of nitrogens with one attached hydrogen (secondary N) is 1. The van der Waals surface area contributed by atoms with Crippen LogP contribution in [0.25, 0.3) is 0 Å². The number of carbonyl (C=O) groups excluding carboxylic acids is 2. The molecule has 43 heavy (non-hydrogen) atoms. The van der Waals surface area contributed by atoms with E-state index in [4.69, 9.17) is 9.84 Å². The van der Waals surface area contributed by atoms with Crippen molar-refractivity contribution in [1.82, 2.24) is 5.32 Å². The number of hydrogen-bond acceptors (Lipinski definition) is 4. The first-order valence-electron chi connectivity index (χ1n) is 16.6. The highest BCUT2D eigenvalue weighted by Crippen LogP contribution is 2.13. The van der Waals surface area contributed by atoms with Crippen LogP contribution in [0.1, 0.15) is 129 Å². The SMILES string of the molecule is CC/C=C\C/C=C\C/C=C\C/C=C\C/C=C\CC(=O)OC(/C=C\CCCCCCC)CCCCCCC(=O)NCC(=O)O. The van der Waals surface area contributed by atoms with Crippen molar-refractivity contribution in [3.8, 4) is 0 Å². The van der Waals surface area contributed by atoms with E-state index in [1.165, 1.54) is 25.7 Å². The molecule has 1 amide bonds. The zero-order valence-electron chi connectivity index (χ0n) is 27.0. The number of carbonyl (C=O) groups is 3. The van der Waals surface area contributed by atoms with E-state index < -0.39 is 5.97 Å². The summed E-state index contributed by atoms with van der Waals surface area (Å²) >= 11 is 0. The van der Waals surface area contributed by atoms with Crippen molar-refractivity contribution >= 4 is 17.8 Å². The predicted octanol–water partition coefficient (Wildman–Crippen LogP) is 9.50. The molecule has 0 aromatic heterocycles. The van der Waals surface area contributed by atoms with Crippen molar-refractivity contribution in [2.45, 2.75) is 136 Å². The number of allylic oxidation sites excluding steroid dienone is 10. The van der Waals surface area contributed by atoms with Crippen LogP contribution < -0.4 is 5.32 Å². The second-order valence-electron chi connectivity index (χ2n) is 10.7. The lowest BCUT2D eigenvalue weighted by molar-refractivity contribution is -0.146.